The third kappa shape index (κ3) is 1.55. The lowest BCUT2D eigenvalue weighted by Crippen LogP contribution is -2.17. The van der Waals surface area contributed by atoms with Gasteiger partial charge in [-0.25, -0.2) is 4.98 Å². The van der Waals surface area contributed by atoms with Crippen LogP contribution in [0.25, 0.3) is 11.0 Å². The molecule has 0 aliphatic rings. The highest BCUT2D eigenvalue weighted by Gasteiger charge is 2.03. The summed E-state index contributed by atoms with van der Waals surface area (Å²) in [5.41, 5.74) is 7.96. The van der Waals surface area contributed by atoms with Crippen LogP contribution in [0.3, 0.4) is 0 Å². The molecule has 3 heteroatoms. The number of aromatic nitrogens is 2. The number of nitrogens with zero attached hydrogens (tertiary/aromatic N) is 1. The van der Waals surface area contributed by atoms with Gasteiger partial charge in [0, 0.05) is 23.8 Å². The highest BCUT2D eigenvalue weighted by molar-refractivity contribution is 5.79. The van der Waals surface area contributed by atoms with Crippen molar-refractivity contribution in [2.75, 3.05) is 0 Å². The Kier molecular flexibility index (Phi) is 2.02. The van der Waals surface area contributed by atoms with Crippen LogP contribution in [0.1, 0.15) is 12.5 Å². The van der Waals surface area contributed by atoms with E-state index in [1.165, 1.54) is 10.9 Å². The van der Waals surface area contributed by atoms with Gasteiger partial charge in [0.05, 0.1) is 0 Å². The molecule has 2 rings (SSSR count). The van der Waals surface area contributed by atoms with Crippen molar-refractivity contribution in [1.82, 2.24) is 9.97 Å². The number of nitrogens with one attached hydrogen (secondary N) is 1. The Morgan fingerprint density at radius 2 is 2.38 bits per heavy atom. The molecule has 68 valence electrons. The van der Waals surface area contributed by atoms with Crippen molar-refractivity contribution in [2.24, 2.45) is 5.73 Å². The van der Waals surface area contributed by atoms with Crippen molar-refractivity contribution in [3.8, 4) is 0 Å². The molecule has 0 spiro atoms. The van der Waals surface area contributed by atoms with Gasteiger partial charge in [-0.3, -0.25) is 0 Å². The predicted octanol–water partition coefficient (Wildman–Crippen LogP) is 1.45. The van der Waals surface area contributed by atoms with E-state index in [-0.39, 0.29) is 6.04 Å². The molecular weight excluding hydrogens is 162 g/mol. The molecule has 0 aliphatic carbocycles. The van der Waals surface area contributed by atoms with Crippen LogP contribution in [0.15, 0.2) is 24.5 Å². The van der Waals surface area contributed by atoms with E-state index in [9.17, 15) is 0 Å². The van der Waals surface area contributed by atoms with E-state index in [2.05, 4.69) is 9.97 Å². The van der Waals surface area contributed by atoms with Crippen LogP contribution in [0.2, 0.25) is 0 Å². The minimum atomic E-state index is 0.195. The summed E-state index contributed by atoms with van der Waals surface area (Å²) in [6.45, 7) is 2.01. The second kappa shape index (κ2) is 3.18. The third-order valence-corrected chi connectivity index (χ3v) is 2.09. The first-order chi connectivity index (χ1) is 6.27. The van der Waals surface area contributed by atoms with Gasteiger partial charge in [-0.1, -0.05) is 0 Å². The first-order valence-corrected chi connectivity index (χ1v) is 4.44. The van der Waals surface area contributed by atoms with Gasteiger partial charge < -0.3 is 10.7 Å². The van der Waals surface area contributed by atoms with Crippen LogP contribution in [-0.4, -0.2) is 16.0 Å². The molecule has 0 amide bonds. The lowest BCUT2D eigenvalue weighted by molar-refractivity contribution is 0.741. The molecule has 0 aromatic carbocycles. The predicted molar refractivity (Wildman–Crippen MR) is 53.4 cm³/mol. The third-order valence-electron chi connectivity index (χ3n) is 2.09. The van der Waals surface area contributed by atoms with Crippen LogP contribution in [0, 0.1) is 0 Å². The number of rotatable bonds is 2. The molecule has 3 nitrogen and oxygen atoms in total. The van der Waals surface area contributed by atoms with Gasteiger partial charge >= 0.3 is 0 Å². The smallest absolute Gasteiger partial charge is 0.137 e. The Balaban J connectivity index is 2.48. The van der Waals surface area contributed by atoms with Gasteiger partial charge in [0.1, 0.15) is 5.65 Å². The maximum atomic E-state index is 5.75. The molecule has 2 heterocycles. The summed E-state index contributed by atoms with van der Waals surface area (Å²) >= 11 is 0. The van der Waals surface area contributed by atoms with Crippen LogP contribution < -0.4 is 5.73 Å². The molecule has 0 saturated carbocycles. The van der Waals surface area contributed by atoms with Crippen LogP contribution in [-0.2, 0) is 6.42 Å². The quantitative estimate of drug-likeness (QED) is 0.725. The normalized spacial score (nSPS) is 13.4. The fraction of sp³-hybridized carbons (Fsp3) is 0.300. The minimum absolute atomic E-state index is 0.195. The van der Waals surface area contributed by atoms with E-state index < -0.39 is 0 Å². The zero-order valence-electron chi connectivity index (χ0n) is 7.62. The summed E-state index contributed by atoms with van der Waals surface area (Å²) in [5.74, 6) is 0. The SMILES string of the molecule is CC(N)Cc1ccnc2[nH]ccc12. The van der Waals surface area contributed by atoms with Gasteiger partial charge in [-0.15, -0.1) is 0 Å². The summed E-state index contributed by atoms with van der Waals surface area (Å²) in [6.07, 6.45) is 4.62. The number of nitrogens with two attached hydrogens (primary N) is 1. The molecule has 0 saturated heterocycles. The number of aromatic amines is 1. The number of fused-ring (bicyclic) bond motifs is 1. The minimum Gasteiger partial charge on any atom is -0.346 e. The van der Waals surface area contributed by atoms with Crippen molar-refractivity contribution in [3.05, 3.63) is 30.1 Å². The maximum absolute atomic E-state index is 5.75. The molecule has 13 heavy (non-hydrogen) atoms. The van der Waals surface area contributed by atoms with E-state index in [0.717, 1.165) is 12.1 Å². The van der Waals surface area contributed by atoms with Gasteiger partial charge in [0.15, 0.2) is 0 Å². The van der Waals surface area contributed by atoms with Crippen LogP contribution in [0.4, 0.5) is 0 Å². The van der Waals surface area contributed by atoms with Crippen molar-refractivity contribution in [2.45, 2.75) is 19.4 Å². The summed E-state index contributed by atoms with van der Waals surface area (Å²) in [6, 6.07) is 4.26. The highest BCUT2D eigenvalue weighted by Crippen LogP contribution is 2.15. The second-order valence-electron chi connectivity index (χ2n) is 3.39. The standard InChI is InChI=1S/C10H13N3/c1-7(11)6-8-2-4-12-10-9(8)3-5-13-10/h2-5,7H,6,11H2,1H3,(H,12,13). The van der Waals surface area contributed by atoms with E-state index >= 15 is 0 Å². The van der Waals surface area contributed by atoms with E-state index in [0.29, 0.717) is 0 Å². The number of hydrogen-bond acceptors (Lipinski definition) is 2. The summed E-state index contributed by atoms with van der Waals surface area (Å²) in [4.78, 5) is 7.29. The van der Waals surface area contributed by atoms with Gasteiger partial charge in [-0.05, 0) is 31.0 Å². The Morgan fingerprint density at radius 3 is 3.15 bits per heavy atom. The largest absolute Gasteiger partial charge is 0.346 e. The average molecular weight is 175 g/mol. The summed E-state index contributed by atoms with van der Waals surface area (Å²) in [5, 5.41) is 1.18. The molecule has 3 N–H and O–H groups in total. The Morgan fingerprint density at radius 1 is 1.54 bits per heavy atom. The number of H-pyrrole nitrogens is 1. The van der Waals surface area contributed by atoms with E-state index in [1.807, 2.05) is 31.5 Å². The molecule has 2 aromatic heterocycles. The van der Waals surface area contributed by atoms with Crippen molar-refractivity contribution in [3.63, 3.8) is 0 Å². The summed E-state index contributed by atoms with van der Waals surface area (Å²) in [7, 11) is 0. The highest BCUT2D eigenvalue weighted by atomic mass is 14.8. The van der Waals surface area contributed by atoms with Gasteiger partial charge in [0.25, 0.3) is 0 Å². The van der Waals surface area contributed by atoms with Crippen molar-refractivity contribution >= 4 is 11.0 Å². The molecule has 0 aliphatic heterocycles. The van der Waals surface area contributed by atoms with Crippen LogP contribution in [0.5, 0.6) is 0 Å². The Hall–Kier alpha value is -1.35. The Labute approximate surface area is 77.0 Å². The fourth-order valence-electron chi connectivity index (χ4n) is 1.54. The zero-order valence-corrected chi connectivity index (χ0v) is 7.62. The molecule has 0 radical (unpaired) electrons. The fourth-order valence-corrected chi connectivity index (χ4v) is 1.54. The van der Waals surface area contributed by atoms with Crippen molar-refractivity contribution in [1.29, 1.82) is 0 Å². The molecular formula is C10H13N3. The van der Waals surface area contributed by atoms with Crippen LogP contribution >= 0.6 is 0 Å². The molecule has 0 bridgehead atoms. The van der Waals surface area contributed by atoms with Gasteiger partial charge in [-0.2, -0.15) is 0 Å². The van der Waals surface area contributed by atoms with E-state index in [4.69, 9.17) is 5.73 Å². The van der Waals surface area contributed by atoms with Gasteiger partial charge in [0.2, 0.25) is 0 Å². The second-order valence-corrected chi connectivity index (χ2v) is 3.39. The molecule has 2 aromatic rings. The topological polar surface area (TPSA) is 54.7 Å². The summed E-state index contributed by atoms with van der Waals surface area (Å²) < 4.78 is 0. The molecule has 1 atom stereocenters. The molecule has 0 fully saturated rings. The first-order valence-electron chi connectivity index (χ1n) is 4.44. The Bertz CT molecular complexity index is 403. The monoisotopic (exact) mass is 175 g/mol. The van der Waals surface area contributed by atoms with Crippen molar-refractivity contribution < 1.29 is 0 Å². The zero-order chi connectivity index (χ0) is 9.26. The first kappa shape index (κ1) is 8.26. The number of pyridine rings is 1. The molecule has 1 unspecified atom stereocenters. The lowest BCUT2D eigenvalue weighted by Gasteiger charge is -2.05. The maximum Gasteiger partial charge on any atom is 0.137 e. The lowest BCUT2D eigenvalue weighted by atomic mass is 10.1. The number of hydrogen-bond donors (Lipinski definition) is 2. The average Bonchev–Trinajstić information content (AvgIpc) is 2.51. The van der Waals surface area contributed by atoms with E-state index in [1.54, 1.807) is 0 Å².